The minimum atomic E-state index is -2.98. The lowest BCUT2D eigenvalue weighted by Crippen LogP contribution is -2.41. The van der Waals surface area contributed by atoms with Crippen LogP contribution in [0, 0.1) is 0 Å². The number of likely N-dealkylation sites (N-methyl/N-ethyl adjacent to an activating group) is 1. The lowest BCUT2D eigenvalue weighted by molar-refractivity contribution is 0.336. The quantitative estimate of drug-likeness (QED) is 0.879. The number of rotatable bonds is 6. The van der Waals surface area contributed by atoms with E-state index in [-0.39, 0.29) is 16.4 Å². The molecule has 1 aliphatic rings. The van der Waals surface area contributed by atoms with Crippen molar-refractivity contribution in [1.82, 2.24) is 5.32 Å². The molecule has 1 N–H and O–H groups in total. The Balaban J connectivity index is 2.31. The summed E-state index contributed by atoms with van der Waals surface area (Å²) in [5, 5.41) is 3.00. The molecule has 0 spiro atoms. The van der Waals surface area contributed by atoms with Crippen molar-refractivity contribution in [3.63, 3.8) is 0 Å². The summed E-state index contributed by atoms with van der Waals surface area (Å²) in [7, 11) is -1.03. The van der Waals surface area contributed by atoms with Crippen LogP contribution in [0.2, 0.25) is 0 Å². The van der Waals surface area contributed by atoms with Crippen LogP contribution in [-0.2, 0) is 21.7 Å². The van der Waals surface area contributed by atoms with Crippen LogP contribution in [0.15, 0.2) is 24.3 Å². The molecule has 1 atom stereocenters. The van der Waals surface area contributed by atoms with Crippen LogP contribution < -0.4 is 5.32 Å². The molecule has 1 aliphatic carbocycles. The summed E-state index contributed by atoms with van der Waals surface area (Å²) in [4.78, 5) is 0. The van der Waals surface area contributed by atoms with E-state index in [4.69, 9.17) is 0 Å². The van der Waals surface area contributed by atoms with Crippen LogP contribution in [0.3, 0.4) is 0 Å². The molecule has 0 amide bonds. The van der Waals surface area contributed by atoms with Crippen LogP contribution in [0.25, 0.3) is 0 Å². The standard InChI is InChI=1S/C17H27NO2S/c1-14(2)21(19,20)12-11-17(13-18-3)10-6-8-15-7-4-5-9-16(15)17/h4-5,7,9,14,18H,6,8,10-13H2,1-3H3. The number of fused-ring (bicyclic) bond motifs is 1. The Hall–Kier alpha value is -0.870. The molecule has 3 nitrogen and oxygen atoms in total. The molecule has 1 unspecified atom stereocenters. The molecule has 118 valence electrons. The van der Waals surface area contributed by atoms with Gasteiger partial charge in [-0.1, -0.05) is 24.3 Å². The van der Waals surface area contributed by atoms with Crippen molar-refractivity contribution in [1.29, 1.82) is 0 Å². The maximum Gasteiger partial charge on any atom is 0.152 e. The van der Waals surface area contributed by atoms with E-state index >= 15 is 0 Å². The van der Waals surface area contributed by atoms with Gasteiger partial charge < -0.3 is 5.32 Å². The van der Waals surface area contributed by atoms with Gasteiger partial charge in [-0.3, -0.25) is 0 Å². The molecule has 0 heterocycles. The van der Waals surface area contributed by atoms with Crippen molar-refractivity contribution in [3.05, 3.63) is 35.4 Å². The third kappa shape index (κ3) is 3.49. The Morgan fingerprint density at radius 3 is 2.67 bits per heavy atom. The normalized spacial score (nSPS) is 22.3. The summed E-state index contributed by atoms with van der Waals surface area (Å²) in [5.41, 5.74) is 2.71. The highest BCUT2D eigenvalue weighted by Crippen LogP contribution is 2.40. The van der Waals surface area contributed by atoms with Crippen molar-refractivity contribution in [2.45, 2.75) is 50.2 Å². The summed E-state index contributed by atoms with van der Waals surface area (Å²) in [5.74, 6) is 0.278. The first-order valence-electron chi connectivity index (χ1n) is 7.86. The Bertz CT molecular complexity index is 580. The Kier molecular flexibility index (Phi) is 5.10. The van der Waals surface area contributed by atoms with Crippen LogP contribution in [0.5, 0.6) is 0 Å². The topological polar surface area (TPSA) is 46.2 Å². The van der Waals surface area contributed by atoms with Gasteiger partial charge in [0.2, 0.25) is 0 Å². The number of benzene rings is 1. The highest BCUT2D eigenvalue weighted by molar-refractivity contribution is 7.91. The van der Waals surface area contributed by atoms with Crippen LogP contribution >= 0.6 is 0 Å². The highest BCUT2D eigenvalue weighted by atomic mass is 32.2. The van der Waals surface area contributed by atoms with Gasteiger partial charge in [0.25, 0.3) is 0 Å². The van der Waals surface area contributed by atoms with Gasteiger partial charge in [-0.2, -0.15) is 0 Å². The van der Waals surface area contributed by atoms with E-state index in [1.807, 2.05) is 7.05 Å². The molecule has 0 fully saturated rings. The molecule has 4 heteroatoms. The molecule has 2 rings (SSSR count). The zero-order chi connectivity index (χ0) is 15.5. The predicted molar refractivity (Wildman–Crippen MR) is 88.5 cm³/mol. The molecule has 0 saturated heterocycles. The van der Waals surface area contributed by atoms with E-state index in [9.17, 15) is 8.42 Å². The fraction of sp³-hybridized carbons (Fsp3) is 0.647. The lowest BCUT2D eigenvalue weighted by Gasteiger charge is -2.39. The second-order valence-electron chi connectivity index (χ2n) is 6.49. The van der Waals surface area contributed by atoms with Crippen molar-refractivity contribution in [2.75, 3.05) is 19.3 Å². The zero-order valence-electron chi connectivity index (χ0n) is 13.4. The van der Waals surface area contributed by atoms with Gasteiger partial charge in [0, 0.05) is 12.0 Å². The first-order chi connectivity index (χ1) is 9.91. The largest absolute Gasteiger partial charge is 0.319 e. The maximum atomic E-state index is 12.2. The summed E-state index contributed by atoms with van der Waals surface area (Å²) >= 11 is 0. The average molecular weight is 309 g/mol. The molecule has 0 aliphatic heterocycles. The first kappa shape index (κ1) is 16.5. The van der Waals surface area contributed by atoms with E-state index < -0.39 is 9.84 Å². The molecular weight excluding hydrogens is 282 g/mol. The number of hydrogen-bond acceptors (Lipinski definition) is 3. The van der Waals surface area contributed by atoms with E-state index in [2.05, 4.69) is 29.6 Å². The maximum absolute atomic E-state index is 12.2. The molecule has 0 saturated carbocycles. The molecule has 21 heavy (non-hydrogen) atoms. The van der Waals surface area contributed by atoms with Gasteiger partial charge in [0.15, 0.2) is 9.84 Å². The predicted octanol–water partition coefficient (Wildman–Crippen LogP) is 2.69. The minimum Gasteiger partial charge on any atom is -0.319 e. The smallest absolute Gasteiger partial charge is 0.152 e. The van der Waals surface area contributed by atoms with Crippen molar-refractivity contribution in [2.24, 2.45) is 0 Å². The van der Waals surface area contributed by atoms with Crippen molar-refractivity contribution >= 4 is 9.84 Å². The number of aryl methyl sites for hydroxylation is 1. The van der Waals surface area contributed by atoms with Crippen molar-refractivity contribution < 1.29 is 8.42 Å². The summed E-state index contributed by atoms with van der Waals surface area (Å²) in [6.07, 6.45) is 4.03. The van der Waals surface area contributed by atoms with Gasteiger partial charge in [0.05, 0.1) is 11.0 Å². The number of nitrogens with one attached hydrogen (secondary N) is 1. The first-order valence-corrected chi connectivity index (χ1v) is 9.57. The lowest BCUT2D eigenvalue weighted by atomic mass is 9.68. The van der Waals surface area contributed by atoms with Gasteiger partial charge in [0.1, 0.15) is 0 Å². The van der Waals surface area contributed by atoms with Crippen LogP contribution in [0.4, 0.5) is 0 Å². The Morgan fingerprint density at radius 2 is 2.00 bits per heavy atom. The summed E-state index contributed by atoms with van der Waals surface area (Å²) in [6.45, 7) is 4.39. The van der Waals surface area contributed by atoms with E-state index in [1.165, 1.54) is 11.1 Å². The number of sulfone groups is 1. The Morgan fingerprint density at radius 1 is 1.29 bits per heavy atom. The molecule has 0 bridgehead atoms. The van der Waals surface area contributed by atoms with Gasteiger partial charge in [-0.25, -0.2) is 8.42 Å². The third-order valence-corrected chi connectivity index (χ3v) is 7.00. The zero-order valence-corrected chi connectivity index (χ0v) is 14.2. The summed E-state index contributed by atoms with van der Waals surface area (Å²) < 4.78 is 24.4. The van der Waals surface area contributed by atoms with E-state index in [0.29, 0.717) is 6.42 Å². The monoisotopic (exact) mass is 309 g/mol. The van der Waals surface area contributed by atoms with Crippen LogP contribution in [0.1, 0.15) is 44.2 Å². The highest BCUT2D eigenvalue weighted by Gasteiger charge is 2.37. The molecule has 0 radical (unpaired) electrons. The van der Waals surface area contributed by atoms with Gasteiger partial charge in [-0.15, -0.1) is 0 Å². The van der Waals surface area contributed by atoms with E-state index in [1.54, 1.807) is 13.8 Å². The summed E-state index contributed by atoms with van der Waals surface area (Å²) in [6, 6.07) is 8.54. The van der Waals surface area contributed by atoms with Crippen LogP contribution in [-0.4, -0.2) is 33.0 Å². The molecule has 0 aromatic heterocycles. The molecule has 1 aromatic rings. The minimum absolute atomic E-state index is 0.0362. The van der Waals surface area contributed by atoms with Gasteiger partial charge in [-0.05, 0) is 57.7 Å². The SMILES string of the molecule is CNCC1(CCS(=O)(=O)C(C)C)CCCc2ccccc21. The molecular formula is C17H27NO2S. The second-order valence-corrected chi connectivity index (χ2v) is 9.16. The van der Waals surface area contributed by atoms with E-state index in [0.717, 1.165) is 25.8 Å². The fourth-order valence-electron chi connectivity index (χ4n) is 3.45. The number of hydrogen-bond donors (Lipinski definition) is 1. The Labute approximate surface area is 129 Å². The fourth-order valence-corrected chi connectivity index (χ4v) is 4.60. The average Bonchev–Trinajstić information content (AvgIpc) is 2.46. The molecule has 1 aromatic carbocycles. The van der Waals surface area contributed by atoms with Gasteiger partial charge >= 0.3 is 0 Å². The third-order valence-electron chi connectivity index (χ3n) is 4.79. The second kappa shape index (κ2) is 6.49. The van der Waals surface area contributed by atoms with Crippen molar-refractivity contribution in [3.8, 4) is 0 Å².